The van der Waals surface area contributed by atoms with Gasteiger partial charge in [0.25, 0.3) is 0 Å². The number of H-pyrrole nitrogens is 1. The molecule has 1 aromatic heterocycles. The predicted octanol–water partition coefficient (Wildman–Crippen LogP) is 4.14. The van der Waals surface area contributed by atoms with Crippen molar-refractivity contribution in [1.29, 1.82) is 0 Å². The molecule has 2 heterocycles. The Bertz CT molecular complexity index is 1040. The molecular formula is C24H27N3O2. The lowest BCUT2D eigenvalue weighted by atomic mass is 10.0. The van der Waals surface area contributed by atoms with Crippen LogP contribution in [0.25, 0.3) is 17.0 Å². The molecule has 4 N–H and O–H groups in total. The second-order valence-corrected chi connectivity index (χ2v) is 7.71. The highest BCUT2D eigenvalue weighted by atomic mass is 16.3. The van der Waals surface area contributed by atoms with Crippen molar-refractivity contribution in [3.05, 3.63) is 71.4 Å². The molecule has 0 spiro atoms. The second kappa shape index (κ2) is 8.53. The Morgan fingerprint density at radius 2 is 2.14 bits per heavy atom. The van der Waals surface area contributed by atoms with Crippen LogP contribution in [0.5, 0.6) is 5.75 Å². The van der Waals surface area contributed by atoms with Crippen LogP contribution in [0.3, 0.4) is 0 Å². The molecule has 0 bridgehead atoms. The van der Waals surface area contributed by atoms with Crippen LogP contribution in [-0.4, -0.2) is 34.0 Å². The van der Waals surface area contributed by atoms with Gasteiger partial charge in [-0.3, -0.25) is 9.69 Å². The van der Waals surface area contributed by atoms with Crippen molar-refractivity contribution in [1.82, 2.24) is 9.88 Å². The molecule has 1 unspecified atom stereocenters. The van der Waals surface area contributed by atoms with E-state index in [4.69, 9.17) is 5.73 Å². The number of hydrogen-bond acceptors (Lipinski definition) is 3. The highest BCUT2D eigenvalue weighted by Crippen LogP contribution is 2.37. The van der Waals surface area contributed by atoms with Gasteiger partial charge in [0.1, 0.15) is 5.75 Å². The van der Waals surface area contributed by atoms with E-state index in [0.717, 1.165) is 49.9 Å². The number of phenolic OH excluding ortho intramolecular Hbond substituents is 1. The van der Waals surface area contributed by atoms with Gasteiger partial charge in [-0.15, -0.1) is 0 Å². The van der Waals surface area contributed by atoms with E-state index in [1.807, 2.05) is 12.1 Å². The lowest BCUT2D eigenvalue weighted by Gasteiger charge is -2.25. The summed E-state index contributed by atoms with van der Waals surface area (Å²) in [6.45, 7) is 2.06. The number of carbonyl (C=O) groups is 1. The van der Waals surface area contributed by atoms with E-state index in [-0.39, 0.29) is 11.8 Å². The van der Waals surface area contributed by atoms with Gasteiger partial charge in [-0.25, -0.2) is 0 Å². The molecule has 0 aliphatic carbocycles. The standard InChI is InChI=1S/C24H27N3O2/c25-24(29)12-10-17-9-11-20(23(28)15-17)22-8-4-14-27(22)13-3-5-18-16-26-21-7-2-1-6-19(18)21/h1-2,6-7,9-12,15-16,22,26,28H,3-5,8,13-14H2,(H2,25,29)/b12-10+. The van der Waals surface area contributed by atoms with E-state index in [1.165, 1.54) is 22.5 Å². The van der Waals surface area contributed by atoms with Gasteiger partial charge >= 0.3 is 0 Å². The highest BCUT2D eigenvalue weighted by molar-refractivity contribution is 5.90. The first-order valence-corrected chi connectivity index (χ1v) is 10.2. The first kappa shape index (κ1) is 19.3. The Morgan fingerprint density at radius 1 is 1.28 bits per heavy atom. The van der Waals surface area contributed by atoms with Crippen molar-refractivity contribution < 1.29 is 9.90 Å². The number of rotatable bonds is 7. The predicted molar refractivity (Wildman–Crippen MR) is 117 cm³/mol. The third-order valence-electron chi connectivity index (χ3n) is 5.78. The quantitative estimate of drug-likeness (QED) is 0.531. The van der Waals surface area contributed by atoms with E-state index in [2.05, 4.69) is 40.3 Å². The second-order valence-electron chi connectivity index (χ2n) is 7.71. The fourth-order valence-electron chi connectivity index (χ4n) is 4.38. The number of para-hydroxylation sites is 1. The Morgan fingerprint density at radius 3 is 2.97 bits per heavy atom. The maximum atomic E-state index is 10.9. The molecule has 5 heteroatoms. The number of nitrogens with two attached hydrogens (primary N) is 1. The van der Waals surface area contributed by atoms with Crippen molar-refractivity contribution in [3.63, 3.8) is 0 Å². The third-order valence-corrected chi connectivity index (χ3v) is 5.78. The molecule has 1 saturated heterocycles. The van der Waals surface area contributed by atoms with Crippen molar-refractivity contribution in [3.8, 4) is 5.75 Å². The van der Waals surface area contributed by atoms with Crippen LogP contribution in [-0.2, 0) is 11.2 Å². The fourth-order valence-corrected chi connectivity index (χ4v) is 4.38. The molecule has 4 rings (SSSR count). The summed E-state index contributed by atoms with van der Waals surface area (Å²) in [6, 6.07) is 14.3. The van der Waals surface area contributed by atoms with Gasteiger partial charge in [-0.05, 0) is 68.1 Å². The zero-order valence-electron chi connectivity index (χ0n) is 16.5. The van der Waals surface area contributed by atoms with Crippen LogP contribution >= 0.6 is 0 Å². The molecule has 1 amide bonds. The zero-order chi connectivity index (χ0) is 20.2. The number of aromatic amines is 1. The summed E-state index contributed by atoms with van der Waals surface area (Å²) in [5.74, 6) is -0.212. The van der Waals surface area contributed by atoms with Crippen molar-refractivity contribution in [2.24, 2.45) is 5.73 Å². The lowest BCUT2D eigenvalue weighted by Crippen LogP contribution is -2.24. The number of carbonyl (C=O) groups excluding carboxylic acids is 1. The summed E-state index contributed by atoms with van der Waals surface area (Å²) >= 11 is 0. The molecular weight excluding hydrogens is 362 g/mol. The molecule has 5 nitrogen and oxygen atoms in total. The minimum Gasteiger partial charge on any atom is -0.508 e. The monoisotopic (exact) mass is 389 g/mol. The van der Waals surface area contributed by atoms with Crippen LogP contribution in [0.1, 0.15) is 42.0 Å². The number of aromatic nitrogens is 1. The molecule has 1 aliphatic rings. The summed E-state index contributed by atoms with van der Waals surface area (Å²) in [6.07, 6.45) is 9.36. The summed E-state index contributed by atoms with van der Waals surface area (Å²) in [4.78, 5) is 16.7. The van der Waals surface area contributed by atoms with E-state index >= 15 is 0 Å². The van der Waals surface area contributed by atoms with Gasteiger partial charge in [-0.2, -0.15) is 0 Å². The van der Waals surface area contributed by atoms with Crippen LogP contribution in [0.15, 0.2) is 54.7 Å². The SMILES string of the molecule is NC(=O)/C=C/c1ccc(C2CCCN2CCCc2c[nH]c3ccccc23)c(O)c1. The number of aromatic hydroxyl groups is 1. The maximum absolute atomic E-state index is 10.9. The number of nitrogens with one attached hydrogen (secondary N) is 1. The van der Waals surface area contributed by atoms with Gasteiger partial charge in [0, 0.05) is 34.8 Å². The van der Waals surface area contributed by atoms with Gasteiger partial charge < -0.3 is 15.8 Å². The van der Waals surface area contributed by atoms with E-state index in [0.29, 0.717) is 0 Å². The van der Waals surface area contributed by atoms with Gasteiger partial charge in [0.15, 0.2) is 0 Å². The average molecular weight is 389 g/mol. The molecule has 3 aromatic rings. The van der Waals surface area contributed by atoms with Crippen molar-refractivity contribution in [2.75, 3.05) is 13.1 Å². The summed E-state index contributed by atoms with van der Waals surface area (Å²) in [5.41, 5.74) is 9.43. The zero-order valence-corrected chi connectivity index (χ0v) is 16.5. The number of fused-ring (bicyclic) bond motifs is 1. The van der Waals surface area contributed by atoms with Crippen molar-refractivity contribution >= 4 is 22.9 Å². The molecule has 0 saturated carbocycles. The Balaban J connectivity index is 1.40. The molecule has 1 fully saturated rings. The topological polar surface area (TPSA) is 82.4 Å². The first-order valence-electron chi connectivity index (χ1n) is 10.2. The Kier molecular flexibility index (Phi) is 5.67. The number of likely N-dealkylation sites (tertiary alicyclic amines) is 1. The largest absolute Gasteiger partial charge is 0.508 e. The van der Waals surface area contributed by atoms with Gasteiger partial charge in [0.2, 0.25) is 5.91 Å². The summed E-state index contributed by atoms with van der Waals surface area (Å²) < 4.78 is 0. The van der Waals surface area contributed by atoms with Crippen LogP contribution < -0.4 is 5.73 Å². The Hall–Kier alpha value is -3.05. The van der Waals surface area contributed by atoms with Gasteiger partial charge in [-0.1, -0.05) is 30.3 Å². The fraction of sp³-hybridized carbons (Fsp3) is 0.292. The summed E-state index contributed by atoms with van der Waals surface area (Å²) in [5, 5.41) is 11.9. The maximum Gasteiger partial charge on any atom is 0.241 e. The van der Waals surface area contributed by atoms with E-state index in [1.54, 1.807) is 12.1 Å². The number of nitrogens with zero attached hydrogens (tertiary/aromatic N) is 1. The lowest BCUT2D eigenvalue weighted by molar-refractivity contribution is -0.113. The number of benzene rings is 2. The van der Waals surface area contributed by atoms with Crippen molar-refractivity contribution in [2.45, 2.75) is 31.7 Å². The van der Waals surface area contributed by atoms with E-state index in [9.17, 15) is 9.90 Å². The molecule has 29 heavy (non-hydrogen) atoms. The van der Waals surface area contributed by atoms with Crippen LogP contribution in [0, 0.1) is 0 Å². The number of hydrogen-bond donors (Lipinski definition) is 3. The molecule has 2 aromatic carbocycles. The number of primary amides is 1. The Labute approximate surface area is 170 Å². The molecule has 1 atom stereocenters. The van der Waals surface area contributed by atoms with E-state index < -0.39 is 5.91 Å². The minimum absolute atomic E-state index is 0.243. The number of amides is 1. The third kappa shape index (κ3) is 4.35. The number of aryl methyl sites for hydroxylation is 1. The van der Waals surface area contributed by atoms with Crippen LogP contribution in [0.2, 0.25) is 0 Å². The average Bonchev–Trinajstić information content (AvgIpc) is 3.34. The minimum atomic E-state index is -0.495. The molecule has 150 valence electrons. The molecule has 1 aliphatic heterocycles. The molecule has 0 radical (unpaired) electrons. The van der Waals surface area contributed by atoms with Gasteiger partial charge in [0.05, 0.1) is 0 Å². The number of phenols is 1. The highest BCUT2D eigenvalue weighted by Gasteiger charge is 2.27. The smallest absolute Gasteiger partial charge is 0.241 e. The normalized spacial score (nSPS) is 17.4. The van der Waals surface area contributed by atoms with Crippen LogP contribution in [0.4, 0.5) is 0 Å². The first-order chi connectivity index (χ1) is 14.1. The summed E-state index contributed by atoms with van der Waals surface area (Å²) in [7, 11) is 0.